The van der Waals surface area contributed by atoms with Crippen LogP contribution >= 0.6 is 0 Å². The summed E-state index contributed by atoms with van der Waals surface area (Å²) in [5, 5.41) is 4.49. The number of carbonyl (C=O) groups excluding carboxylic acids is 1. The van der Waals surface area contributed by atoms with Gasteiger partial charge in [0.05, 0.1) is 18.0 Å². The maximum Gasteiger partial charge on any atom is 0.243 e. The third kappa shape index (κ3) is 4.24. The zero-order chi connectivity index (χ0) is 21.1. The van der Waals surface area contributed by atoms with Gasteiger partial charge in [-0.1, -0.05) is 42.5 Å². The molecule has 7 nitrogen and oxygen atoms in total. The van der Waals surface area contributed by atoms with Crippen molar-refractivity contribution in [3.8, 4) is 11.5 Å². The SMILES string of the molecule is CN(CC(=O)NCC1COc2ccccc2O1)S(=O)(=O)c1ccc2ccccc2c1. The number of rotatable bonds is 6. The molecule has 1 unspecified atom stereocenters. The van der Waals surface area contributed by atoms with Crippen molar-refractivity contribution in [2.24, 2.45) is 0 Å². The van der Waals surface area contributed by atoms with E-state index in [2.05, 4.69) is 5.32 Å². The van der Waals surface area contributed by atoms with Gasteiger partial charge in [-0.3, -0.25) is 4.79 Å². The van der Waals surface area contributed by atoms with Crippen LogP contribution in [0.2, 0.25) is 0 Å². The molecule has 0 spiro atoms. The molecule has 30 heavy (non-hydrogen) atoms. The van der Waals surface area contributed by atoms with Crippen molar-refractivity contribution in [3.05, 3.63) is 66.7 Å². The Morgan fingerprint density at radius 3 is 2.53 bits per heavy atom. The van der Waals surface area contributed by atoms with Crippen LogP contribution in [0.4, 0.5) is 0 Å². The van der Waals surface area contributed by atoms with E-state index in [-0.39, 0.29) is 24.1 Å². The van der Waals surface area contributed by atoms with Crippen LogP contribution in [0.15, 0.2) is 71.6 Å². The number of para-hydroxylation sites is 2. The van der Waals surface area contributed by atoms with Crippen LogP contribution in [0.1, 0.15) is 0 Å². The Morgan fingerprint density at radius 2 is 1.73 bits per heavy atom. The van der Waals surface area contributed by atoms with E-state index >= 15 is 0 Å². The number of nitrogens with one attached hydrogen (secondary N) is 1. The number of carbonyl (C=O) groups is 1. The number of likely N-dealkylation sites (N-methyl/N-ethyl adjacent to an activating group) is 1. The summed E-state index contributed by atoms with van der Waals surface area (Å²) < 4.78 is 38.2. The molecule has 3 aromatic carbocycles. The van der Waals surface area contributed by atoms with Gasteiger partial charge < -0.3 is 14.8 Å². The van der Waals surface area contributed by atoms with E-state index in [9.17, 15) is 13.2 Å². The van der Waals surface area contributed by atoms with Crippen molar-refractivity contribution >= 4 is 26.7 Å². The molecule has 8 heteroatoms. The molecule has 0 saturated carbocycles. The molecule has 0 aliphatic carbocycles. The third-order valence-corrected chi connectivity index (χ3v) is 6.69. The number of amides is 1. The Kier molecular flexibility index (Phi) is 5.61. The maximum absolute atomic E-state index is 12.9. The molecule has 3 aromatic rings. The summed E-state index contributed by atoms with van der Waals surface area (Å²) >= 11 is 0. The Labute approximate surface area is 175 Å². The van der Waals surface area contributed by atoms with Crippen molar-refractivity contribution in [3.63, 3.8) is 0 Å². The summed E-state index contributed by atoms with van der Waals surface area (Å²) in [6.07, 6.45) is -0.341. The number of sulfonamides is 1. The molecule has 0 aromatic heterocycles. The Balaban J connectivity index is 1.35. The second-order valence-corrected chi connectivity index (χ2v) is 9.12. The minimum absolute atomic E-state index is 0.150. The zero-order valence-corrected chi connectivity index (χ0v) is 17.3. The quantitative estimate of drug-likeness (QED) is 0.654. The van der Waals surface area contributed by atoms with E-state index in [4.69, 9.17) is 9.47 Å². The molecule has 0 radical (unpaired) electrons. The highest BCUT2D eigenvalue weighted by Gasteiger charge is 2.25. The molecule has 0 saturated heterocycles. The van der Waals surface area contributed by atoms with E-state index in [1.165, 1.54) is 7.05 Å². The molecule has 1 amide bonds. The van der Waals surface area contributed by atoms with Crippen molar-refractivity contribution in [1.82, 2.24) is 9.62 Å². The van der Waals surface area contributed by atoms with Crippen molar-refractivity contribution in [2.75, 3.05) is 26.7 Å². The smallest absolute Gasteiger partial charge is 0.243 e. The van der Waals surface area contributed by atoms with Crippen LogP contribution in [0, 0.1) is 0 Å². The lowest BCUT2D eigenvalue weighted by Crippen LogP contribution is -2.44. The van der Waals surface area contributed by atoms with Crippen LogP contribution in [-0.2, 0) is 14.8 Å². The molecular formula is C22H22N2O5S. The van der Waals surface area contributed by atoms with Gasteiger partial charge in [0.15, 0.2) is 11.5 Å². The normalized spacial score (nSPS) is 15.9. The molecule has 1 atom stereocenters. The Morgan fingerprint density at radius 1 is 1.03 bits per heavy atom. The summed E-state index contributed by atoms with van der Waals surface area (Å²) in [5.41, 5.74) is 0. The average Bonchev–Trinajstić information content (AvgIpc) is 2.77. The summed E-state index contributed by atoms with van der Waals surface area (Å²) in [6, 6.07) is 19.8. The number of benzene rings is 3. The van der Waals surface area contributed by atoms with Gasteiger partial charge in [0.1, 0.15) is 12.7 Å². The highest BCUT2D eigenvalue weighted by Crippen LogP contribution is 2.30. The van der Waals surface area contributed by atoms with E-state index in [1.54, 1.807) is 24.3 Å². The fourth-order valence-electron chi connectivity index (χ4n) is 3.24. The first-order valence-electron chi connectivity index (χ1n) is 9.54. The monoisotopic (exact) mass is 426 g/mol. The second kappa shape index (κ2) is 8.33. The van der Waals surface area contributed by atoms with E-state index in [0.717, 1.165) is 15.1 Å². The third-order valence-electron chi connectivity index (χ3n) is 4.89. The number of hydrogen-bond acceptors (Lipinski definition) is 5. The number of fused-ring (bicyclic) bond motifs is 2. The molecule has 1 aliphatic rings. The Hall–Kier alpha value is -3.10. The number of hydrogen-bond donors (Lipinski definition) is 1. The highest BCUT2D eigenvalue weighted by molar-refractivity contribution is 7.89. The minimum Gasteiger partial charge on any atom is -0.486 e. The first-order chi connectivity index (χ1) is 14.4. The lowest BCUT2D eigenvalue weighted by Gasteiger charge is -2.26. The van der Waals surface area contributed by atoms with Gasteiger partial charge in [-0.05, 0) is 35.0 Å². The first-order valence-corrected chi connectivity index (χ1v) is 11.0. The van der Waals surface area contributed by atoms with Crippen LogP contribution in [0.25, 0.3) is 10.8 Å². The molecule has 1 N–H and O–H groups in total. The van der Waals surface area contributed by atoms with Crippen molar-refractivity contribution in [1.29, 1.82) is 0 Å². The van der Waals surface area contributed by atoms with Gasteiger partial charge in [0.25, 0.3) is 0 Å². The molecule has 156 valence electrons. The Bertz CT molecular complexity index is 1180. The van der Waals surface area contributed by atoms with E-state index < -0.39 is 15.9 Å². The summed E-state index contributed by atoms with van der Waals surface area (Å²) in [5.74, 6) is 0.879. The fraction of sp³-hybridized carbons (Fsp3) is 0.227. The summed E-state index contributed by atoms with van der Waals surface area (Å²) in [6.45, 7) is 0.235. The predicted molar refractivity (Wildman–Crippen MR) is 113 cm³/mol. The number of ether oxygens (including phenoxy) is 2. The largest absolute Gasteiger partial charge is 0.486 e. The molecule has 0 bridgehead atoms. The van der Waals surface area contributed by atoms with Gasteiger partial charge in [0.2, 0.25) is 15.9 Å². The van der Waals surface area contributed by atoms with Gasteiger partial charge in [0, 0.05) is 7.05 Å². The minimum atomic E-state index is -3.79. The standard InChI is InChI=1S/C22H22N2O5S/c1-24(30(26,27)19-11-10-16-6-2-3-7-17(16)12-19)14-22(25)23-13-18-15-28-20-8-4-5-9-21(20)29-18/h2-12,18H,13-15H2,1H3,(H,23,25). The van der Waals surface area contributed by atoms with Gasteiger partial charge in [-0.15, -0.1) is 0 Å². The van der Waals surface area contributed by atoms with Gasteiger partial charge in [-0.2, -0.15) is 4.31 Å². The summed E-state index contributed by atoms with van der Waals surface area (Å²) in [7, 11) is -2.40. The summed E-state index contributed by atoms with van der Waals surface area (Å²) in [4.78, 5) is 12.5. The first kappa shape index (κ1) is 20.2. The fourth-order valence-corrected chi connectivity index (χ4v) is 4.41. The highest BCUT2D eigenvalue weighted by atomic mass is 32.2. The topological polar surface area (TPSA) is 84.9 Å². The maximum atomic E-state index is 12.9. The molecule has 0 fully saturated rings. The van der Waals surface area contributed by atoms with Crippen LogP contribution in [0.3, 0.4) is 0 Å². The molecule has 4 rings (SSSR count). The van der Waals surface area contributed by atoms with Crippen molar-refractivity contribution in [2.45, 2.75) is 11.0 Å². The predicted octanol–water partition coefficient (Wildman–Crippen LogP) is 2.42. The van der Waals surface area contributed by atoms with Crippen molar-refractivity contribution < 1.29 is 22.7 Å². The average molecular weight is 426 g/mol. The van der Waals surface area contributed by atoms with Crippen LogP contribution in [0.5, 0.6) is 11.5 Å². The second-order valence-electron chi connectivity index (χ2n) is 7.07. The van der Waals surface area contributed by atoms with Gasteiger partial charge >= 0.3 is 0 Å². The van der Waals surface area contributed by atoms with E-state index in [1.807, 2.05) is 42.5 Å². The zero-order valence-electron chi connectivity index (χ0n) is 16.4. The lowest BCUT2D eigenvalue weighted by atomic mass is 10.1. The molecular weight excluding hydrogens is 404 g/mol. The molecule has 1 heterocycles. The number of nitrogens with zero attached hydrogens (tertiary/aromatic N) is 1. The van der Waals surface area contributed by atoms with Crippen LogP contribution in [-0.4, -0.2) is 51.5 Å². The van der Waals surface area contributed by atoms with Gasteiger partial charge in [-0.25, -0.2) is 8.42 Å². The lowest BCUT2D eigenvalue weighted by molar-refractivity contribution is -0.121. The van der Waals surface area contributed by atoms with E-state index in [0.29, 0.717) is 18.1 Å². The van der Waals surface area contributed by atoms with Crippen LogP contribution < -0.4 is 14.8 Å². The molecule has 1 aliphatic heterocycles.